The van der Waals surface area contributed by atoms with Gasteiger partial charge in [0.25, 0.3) is 5.91 Å². The molecule has 0 radical (unpaired) electrons. The van der Waals surface area contributed by atoms with Crippen LogP contribution in [0.1, 0.15) is 30.5 Å². The number of ether oxygens (including phenoxy) is 2. The van der Waals surface area contributed by atoms with Gasteiger partial charge in [-0.05, 0) is 49.2 Å². The summed E-state index contributed by atoms with van der Waals surface area (Å²) < 4.78 is 13.1. The minimum Gasteiger partial charge on any atom is -0.490 e. The molecule has 32 heavy (non-hydrogen) atoms. The fourth-order valence-corrected chi connectivity index (χ4v) is 3.58. The molecule has 1 atom stereocenters. The Morgan fingerprint density at radius 2 is 2.09 bits per heavy atom. The highest BCUT2D eigenvalue weighted by atomic mass is 35.5. The molecule has 1 aromatic heterocycles. The standard InChI is InChI=1S/C22H22ClN5O4/c1-3-31-19-8-14(17-10-20(29)27-22-24-12-25-28(17)22)5-7-18(19)32-11-21(30)26-15-6-4-13(2)16(23)9-15/h4-9,12,17H,3,10-11H2,1-2H3,(H,26,30)(H,24,25,27,29)/t17-/m1/s1. The number of halogens is 1. The molecule has 1 aliphatic heterocycles. The van der Waals surface area contributed by atoms with Crippen LogP contribution in [0.3, 0.4) is 0 Å². The third kappa shape index (κ3) is 4.67. The first-order valence-electron chi connectivity index (χ1n) is 10.1. The second-order valence-corrected chi connectivity index (χ2v) is 7.64. The Bertz CT molecular complexity index is 1160. The number of nitrogens with one attached hydrogen (secondary N) is 2. The zero-order valence-electron chi connectivity index (χ0n) is 17.6. The molecule has 2 heterocycles. The molecule has 2 amide bonds. The van der Waals surface area contributed by atoms with E-state index in [0.29, 0.717) is 34.8 Å². The molecule has 0 aliphatic carbocycles. The summed E-state index contributed by atoms with van der Waals surface area (Å²) in [6, 6.07) is 10.3. The highest BCUT2D eigenvalue weighted by molar-refractivity contribution is 6.31. The zero-order chi connectivity index (χ0) is 22.7. The lowest BCUT2D eigenvalue weighted by Gasteiger charge is -2.24. The van der Waals surface area contributed by atoms with Crippen LogP contribution in [0.25, 0.3) is 0 Å². The van der Waals surface area contributed by atoms with Crippen molar-refractivity contribution in [2.75, 3.05) is 23.8 Å². The first kappa shape index (κ1) is 21.6. The molecule has 0 spiro atoms. The largest absolute Gasteiger partial charge is 0.490 e. The van der Waals surface area contributed by atoms with E-state index in [1.165, 1.54) is 6.33 Å². The number of fused-ring (bicyclic) bond motifs is 1. The Kier molecular flexibility index (Phi) is 6.27. The molecule has 0 bridgehead atoms. The van der Waals surface area contributed by atoms with Gasteiger partial charge in [-0.25, -0.2) is 4.68 Å². The summed E-state index contributed by atoms with van der Waals surface area (Å²) in [5.74, 6) is 0.835. The van der Waals surface area contributed by atoms with E-state index in [2.05, 4.69) is 20.7 Å². The van der Waals surface area contributed by atoms with Crippen molar-refractivity contribution >= 4 is 35.1 Å². The van der Waals surface area contributed by atoms with Gasteiger partial charge < -0.3 is 14.8 Å². The van der Waals surface area contributed by atoms with E-state index in [1.807, 2.05) is 26.0 Å². The average Bonchev–Trinajstić information content (AvgIpc) is 3.23. The van der Waals surface area contributed by atoms with Gasteiger partial charge in [-0.3, -0.25) is 14.9 Å². The summed E-state index contributed by atoms with van der Waals surface area (Å²) in [6.45, 7) is 3.95. The molecule has 0 unspecified atom stereocenters. The SMILES string of the molecule is CCOc1cc([C@H]2CC(=O)Nc3ncnn32)ccc1OCC(=O)Nc1ccc(C)c(Cl)c1. The summed E-state index contributed by atoms with van der Waals surface area (Å²) in [7, 11) is 0. The van der Waals surface area contributed by atoms with Gasteiger partial charge in [0.05, 0.1) is 19.1 Å². The number of rotatable bonds is 7. The Morgan fingerprint density at radius 3 is 2.88 bits per heavy atom. The number of amides is 2. The van der Waals surface area contributed by atoms with Crippen molar-refractivity contribution in [2.45, 2.75) is 26.3 Å². The highest BCUT2D eigenvalue weighted by Crippen LogP contribution is 2.35. The number of aromatic nitrogens is 3. The third-order valence-corrected chi connectivity index (χ3v) is 5.37. The monoisotopic (exact) mass is 455 g/mol. The molecule has 9 nitrogen and oxygen atoms in total. The lowest BCUT2D eigenvalue weighted by molar-refractivity contribution is -0.118. The number of hydrogen-bond donors (Lipinski definition) is 2. The Hall–Kier alpha value is -3.59. The second-order valence-electron chi connectivity index (χ2n) is 7.24. The molecule has 3 aromatic rings. The first-order chi connectivity index (χ1) is 15.4. The number of aryl methyl sites for hydroxylation is 1. The maximum absolute atomic E-state index is 12.3. The van der Waals surface area contributed by atoms with Gasteiger partial charge in [0.2, 0.25) is 11.9 Å². The summed E-state index contributed by atoms with van der Waals surface area (Å²) in [4.78, 5) is 28.4. The molecule has 2 N–H and O–H groups in total. The van der Waals surface area contributed by atoms with Crippen LogP contribution in [-0.4, -0.2) is 39.8 Å². The normalized spacial score (nSPS) is 15.0. The van der Waals surface area contributed by atoms with Gasteiger partial charge in [0.1, 0.15) is 6.33 Å². The highest BCUT2D eigenvalue weighted by Gasteiger charge is 2.28. The van der Waals surface area contributed by atoms with E-state index in [9.17, 15) is 9.59 Å². The molecular formula is C22H22ClN5O4. The quantitative estimate of drug-likeness (QED) is 0.563. The molecule has 0 saturated carbocycles. The van der Waals surface area contributed by atoms with Crippen LogP contribution in [0.2, 0.25) is 5.02 Å². The minimum atomic E-state index is -0.326. The first-order valence-corrected chi connectivity index (χ1v) is 10.5. The van der Waals surface area contributed by atoms with Gasteiger partial charge in [-0.2, -0.15) is 10.1 Å². The predicted octanol–water partition coefficient (Wildman–Crippen LogP) is 3.59. The number of hydrogen-bond acceptors (Lipinski definition) is 6. The fraction of sp³-hybridized carbons (Fsp3) is 0.273. The molecule has 4 rings (SSSR count). The molecule has 0 saturated heterocycles. The van der Waals surface area contributed by atoms with E-state index in [0.717, 1.165) is 11.1 Å². The average molecular weight is 456 g/mol. The van der Waals surface area contributed by atoms with Crippen LogP contribution in [0.4, 0.5) is 11.6 Å². The maximum atomic E-state index is 12.3. The molecule has 0 fully saturated rings. The van der Waals surface area contributed by atoms with Gasteiger partial charge in [-0.1, -0.05) is 23.7 Å². The van der Waals surface area contributed by atoms with Crippen molar-refractivity contribution in [3.05, 3.63) is 58.9 Å². The van der Waals surface area contributed by atoms with E-state index < -0.39 is 0 Å². The van der Waals surface area contributed by atoms with Gasteiger partial charge in [0, 0.05) is 10.7 Å². The van der Waals surface area contributed by atoms with Crippen molar-refractivity contribution in [3.8, 4) is 11.5 Å². The van der Waals surface area contributed by atoms with Crippen molar-refractivity contribution < 1.29 is 19.1 Å². The Balaban J connectivity index is 1.48. The van der Waals surface area contributed by atoms with Crippen LogP contribution in [-0.2, 0) is 9.59 Å². The molecule has 2 aromatic carbocycles. The molecule has 1 aliphatic rings. The Morgan fingerprint density at radius 1 is 1.25 bits per heavy atom. The smallest absolute Gasteiger partial charge is 0.262 e. The second kappa shape index (κ2) is 9.27. The van der Waals surface area contributed by atoms with Crippen LogP contribution in [0.15, 0.2) is 42.7 Å². The summed E-state index contributed by atoms with van der Waals surface area (Å²) in [5, 5.41) is 10.2. The number of anilines is 2. The van der Waals surface area contributed by atoms with Crippen molar-refractivity contribution in [2.24, 2.45) is 0 Å². The molecule has 166 valence electrons. The lowest BCUT2D eigenvalue weighted by Crippen LogP contribution is -2.29. The van der Waals surface area contributed by atoms with Gasteiger partial charge in [-0.15, -0.1) is 0 Å². The summed E-state index contributed by atoms with van der Waals surface area (Å²) >= 11 is 6.10. The van der Waals surface area contributed by atoms with E-state index in [-0.39, 0.29) is 30.9 Å². The van der Waals surface area contributed by atoms with E-state index in [4.69, 9.17) is 21.1 Å². The summed E-state index contributed by atoms with van der Waals surface area (Å²) in [6.07, 6.45) is 1.62. The zero-order valence-corrected chi connectivity index (χ0v) is 18.3. The predicted molar refractivity (Wildman–Crippen MR) is 119 cm³/mol. The number of nitrogens with zero attached hydrogens (tertiary/aromatic N) is 3. The third-order valence-electron chi connectivity index (χ3n) is 4.96. The minimum absolute atomic E-state index is 0.137. The number of carbonyl (C=O) groups excluding carboxylic acids is 2. The van der Waals surface area contributed by atoms with Crippen molar-refractivity contribution in [1.82, 2.24) is 14.8 Å². The van der Waals surface area contributed by atoms with E-state index >= 15 is 0 Å². The van der Waals surface area contributed by atoms with E-state index in [1.54, 1.807) is 28.9 Å². The Labute approximate surface area is 189 Å². The molecular weight excluding hydrogens is 434 g/mol. The van der Waals surface area contributed by atoms with Crippen LogP contribution in [0, 0.1) is 6.92 Å². The maximum Gasteiger partial charge on any atom is 0.262 e. The topological polar surface area (TPSA) is 107 Å². The summed E-state index contributed by atoms with van der Waals surface area (Å²) in [5.41, 5.74) is 2.34. The van der Waals surface area contributed by atoms with Gasteiger partial charge in [0.15, 0.2) is 18.1 Å². The van der Waals surface area contributed by atoms with Crippen LogP contribution < -0.4 is 20.1 Å². The molecule has 10 heteroatoms. The lowest BCUT2D eigenvalue weighted by atomic mass is 10.0. The van der Waals surface area contributed by atoms with Gasteiger partial charge >= 0.3 is 0 Å². The van der Waals surface area contributed by atoms with Crippen LogP contribution in [0.5, 0.6) is 11.5 Å². The van der Waals surface area contributed by atoms with Crippen molar-refractivity contribution in [1.29, 1.82) is 0 Å². The fourth-order valence-electron chi connectivity index (χ4n) is 3.39. The number of carbonyl (C=O) groups is 2. The van der Waals surface area contributed by atoms with Crippen LogP contribution >= 0.6 is 11.6 Å². The number of benzene rings is 2. The van der Waals surface area contributed by atoms with Crippen molar-refractivity contribution in [3.63, 3.8) is 0 Å².